The number of aromatic nitrogens is 2. The highest BCUT2D eigenvalue weighted by Gasteiger charge is 2.31. The van der Waals surface area contributed by atoms with E-state index >= 15 is 0 Å². The van der Waals surface area contributed by atoms with E-state index in [0.29, 0.717) is 5.69 Å². The second-order valence-electron chi connectivity index (χ2n) is 8.90. The maximum absolute atomic E-state index is 13.1. The van der Waals surface area contributed by atoms with Crippen LogP contribution in [-0.2, 0) is 35.2 Å². The average molecular weight is 527 g/mol. The molecule has 1 rings (SSSR count). The zero-order valence-electron chi connectivity index (χ0n) is 20.6. The van der Waals surface area contributed by atoms with Crippen molar-refractivity contribution in [1.82, 2.24) is 25.9 Å². The van der Waals surface area contributed by atoms with Crippen molar-refractivity contribution in [2.24, 2.45) is 11.7 Å². The van der Waals surface area contributed by atoms with E-state index in [2.05, 4.69) is 25.9 Å². The van der Waals surface area contributed by atoms with Crippen LogP contribution in [0.15, 0.2) is 12.5 Å². The number of nitrogens with zero attached hydrogens (tertiary/aromatic N) is 1. The molecule has 0 saturated heterocycles. The molecular formula is C22H34N6O9. The number of aromatic amines is 1. The molecule has 15 nitrogen and oxygen atoms in total. The van der Waals surface area contributed by atoms with Crippen LogP contribution in [0.2, 0.25) is 0 Å². The van der Waals surface area contributed by atoms with Crippen LogP contribution in [0.25, 0.3) is 0 Å². The second kappa shape index (κ2) is 15.2. The largest absolute Gasteiger partial charge is 0.481 e. The maximum atomic E-state index is 13.1. The molecule has 0 bridgehead atoms. The number of rotatable bonds is 17. The van der Waals surface area contributed by atoms with Crippen LogP contribution in [0.3, 0.4) is 0 Å². The normalized spacial score (nSPS) is 14.2. The van der Waals surface area contributed by atoms with Gasteiger partial charge in [0.1, 0.15) is 18.1 Å². The number of imidazole rings is 1. The zero-order chi connectivity index (χ0) is 28.1. The standard InChI is InChI=1S/C22H34N6O9/c1-11(2)7-15(27-19(33)13(23)3-5-17(29)30)20(34)28-16(8-12-9-24-10-25-12)21(35)26-14(22(36)37)4-6-18(31)32/h9-11,13-16H,3-8,23H2,1-2H3,(H,24,25)(H,26,35)(H,27,33)(H,28,34)(H,29,30)(H,31,32)(H,36,37). The molecule has 15 heteroatoms. The molecule has 0 saturated carbocycles. The third kappa shape index (κ3) is 12.0. The molecule has 4 unspecified atom stereocenters. The molecule has 0 aromatic carbocycles. The Morgan fingerprint density at radius 3 is 1.92 bits per heavy atom. The Hall–Kier alpha value is -4.01. The highest BCUT2D eigenvalue weighted by atomic mass is 16.4. The summed E-state index contributed by atoms with van der Waals surface area (Å²) in [5.74, 6) is -6.25. The van der Waals surface area contributed by atoms with Gasteiger partial charge in [-0.25, -0.2) is 9.78 Å². The van der Waals surface area contributed by atoms with E-state index in [1.165, 1.54) is 12.5 Å². The van der Waals surface area contributed by atoms with Crippen molar-refractivity contribution in [3.63, 3.8) is 0 Å². The fraction of sp³-hybridized carbons (Fsp3) is 0.591. The Kier molecular flexibility index (Phi) is 12.7. The fourth-order valence-corrected chi connectivity index (χ4v) is 3.29. The number of nitrogens with two attached hydrogens (primary N) is 1. The number of aliphatic carboxylic acids is 3. The maximum Gasteiger partial charge on any atom is 0.326 e. The van der Waals surface area contributed by atoms with Crippen LogP contribution in [0.1, 0.15) is 51.6 Å². The van der Waals surface area contributed by atoms with E-state index in [1.807, 2.05) is 0 Å². The van der Waals surface area contributed by atoms with Crippen molar-refractivity contribution in [2.45, 2.75) is 76.5 Å². The van der Waals surface area contributed by atoms with Gasteiger partial charge in [0.2, 0.25) is 17.7 Å². The first kappa shape index (κ1) is 31.0. The first-order valence-corrected chi connectivity index (χ1v) is 11.6. The van der Waals surface area contributed by atoms with Gasteiger partial charge >= 0.3 is 17.9 Å². The third-order valence-corrected chi connectivity index (χ3v) is 5.22. The molecule has 0 aliphatic heterocycles. The van der Waals surface area contributed by atoms with E-state index in [0.717, 1.165) is 0 Å². The van der Waals surface area contributed by atoms with Gasteiger partial charge in [-0.15, -0.1) is 0 Å². The fourth-order valence-electron chi connectivity index (χ4n) is 3.29. The summed E-state index contributed by atoms with van der Waals surface area (Å²) >= 11 is 0. The number of hydrogen-bond donors (Lipinski definition) is 8. The molecule has 0 radical (unpaired) electrons. The van der Waals surface area contributed by atoms with Gasteiger partial charge in [0.25, 0.3) is 0 Å². The summed E-state index contributed by atoms with van der Waals surface area (Å²) in [6.45, 7) is 3.59. The van der Waals surface area contributed by atoms with E-state index in [-0.39, 0.29) is 38.0 Å². The molecule has 0 aliphatic rings. The molecule has 37 heavy (non-hydrogen) atoms. The number of H-pyrrole nitrogens is 1. The van der Waals surface area contributed by atoms with Crippen molar-refractivity contribution < 1.29 is 44.1 Å². The number of carboxylic acids is 3. The zero-order valence-corrected chi connectivity index (χ0v) is 20.6. The topological polar surface area (TPSA) is 254 Å². The molecule has 0 spiro atoms. The Morgan fingerprint density at radius 1 is 0.865 bits per heavy atom. The highest BCUT2D eigenvalue weighted by Crippen LogP contribution is 2.09. The summed E-state index contributed by atoms with van der Waals surface area (Å²) in [5, 5.41) is 34.2. The van der Waals surface area contributed by atoms with Crippen molar-refractivity contribution in [2.75, 3.05) is 0 Å². The van der Waals surface area contributed by atoms with E-state index in [4.69, 9.17) is 15.9 Å². The molecule has 0 fully saturated rings. The first-order chi connectivity index (χ1) is 17.3. The summed E-state index contributed by atoms with van der Waals surface area (Å²) in [7, 11) is 0. The smallest absolute Gasteiger partial charge is 0.326 e. The Labute approximate surface area is 212 Å². The van der Waals surface area contributed by atoms with Crippen LogP contribution >= 0.6 is 0 Å². The number of carbonyl (C=O) groups excluding carboxylic acids is 3. The summed E-state index contributed by atoms with van der Waals surface area (Å²) in [5.41, 5.74) is 6.18. The van der Waals surface area contributed by atoms with Crippen LogP contribution in [-0.4, -0.2) is 85.1 Å². The van der Waals surface area contributed by atoms with Crippen LogP contribution in [0, 0.1) is 5.92 Å². The molecule has 1 aromatic rings. The van der Waals surface area contributed by atoms with Gasteiger partial charge in [0.15, 0.2) is 0 Å². The molecule has 4 atom stereocenters. The van der Waals surface area contributed by atoms with Crippen molar-refractivity contribution in [3.8, 4) is 0 Å². The van der Waals surface area contributed by atoms with Gasteiger partial charge in [-0.2, -0.15) is 0 Å². The number of carboxylic acid groups (broad SMARTS) is 3. The molecule has 3 amide bonds. The number of amides is 3. The van der Waals surface area contributed by atoms with Gasteiger partial charge < -0.3 is 42.0 Å². The lowest BCUT2D eigenvalue weighted by Crippen LogP contribution is -2.58. The quantitative estimate of drug-likeness (QED) is 0.117. The third-order valence-electron chi connectivity index (χ3n) is 5.22. The minimum atomic E-state index is -1.51. The van der Waals surface area contributed by atoms with Crippen LogP contribution in [0.5, 0.6) is 0 Å². The van der Waals surface area contributed by atoms with E-state index in [9.17, 15) is 33.9 Å². The Bertz CT molecular complexity index is 950. The first-order valence-electron chi connectivity index (χ1n) is 11.6. The molecule has 9 N–H and O–H groups in total. The summed E-state index contributed by atoms with van der Waals surface area (Å²) in [4.78, 5) is 78.2. The number of nitrogens with one attached hydrogen (secondary N) is 4. The molecule has 1 heterocycles. The minimum absolute atomic E-state index is 0.0708. The van der Waals surface area contributed by atoms with Gasteiger partial charge in [-0.1, -0.05) is 13.8 Å². The van der Waals surface area contributed by atoms with Crippen LogP contribution in [0.4, 0.5) is 0 Å². The summed E-state index contributed by atoms with van der Waals surface area (Å²) in [6.07, 6.45) is 1.45. The van der Waals surface area contributed by atoms with Crippen molar-refractivity contribution in [3.05, 3.63) is 18.2 Å². The lowest BCUT2D eigenvalue weighted by Gasteiger charge is -2.26. The number of carbonyl (C=O) groups is 6. The van der Waals surface area contributed by atoms with Gasteiger partial charge in [-0.05, 0) is 25.2 Å². The Balaban J connectivity index is 3.04. The lowest BCUT2D eigenvalue weighted by molar-refractivity contribution is -0.143. The van der Waals surface area contributed by atoms with Crippen molar-refractivity contribution in [1.29, 1.82) is 0 Å². The summed E-state index contributed by atoms with van der Waals surface area (Å²) < 4.78 is 0. The van der Waals surface area contributed by atoms with Crippen LogP contribution < -0.4 is 21.7 Å². The SMILES string of the molecule is CC(C)CC(NC(=O)C(N)CCC(=O)O)C(=O)NC(Cc1cnc[nH]1)C(=O)NC(CCC(=O)O)C(=O)O. The molecule has 1 aromatic heterocycles. The second-order valence-corrected chi connectivity index (χ2v) is 8.90. The van der Waals surface area contributed by atoms with E-state index in [1.54, 1.807) is 13.8 Å². The minimum Gasteiger partial charge on any atom is -0.481 e. The molecule has 0 aliphatic carbocycles. The van der Waals surface area contributed by atoms with Gasteiger partial charge in [0.05, 0.1) is 12.4 Å². The highest BCUT2D eigenvalue weighted by molar-refractivity contribution is 5.94. The van der Waals surface area contributed by atoms with Gasteiger partial charge in [0, 0.05) is 31.2 Å². The van der Waals surface area contributed by atoms with Gasteiger partial charge in [-0.3, -0.25) is 24.0 Å². The predicted octanol–water partition coefficient (Wildman–Crippen LogP) is -1.41. The lowest BCUT2D eigenvalue weighted by atomic mass is 10.0. The molecule has 206 valence electrons. The molecular weight excluding hydrogens is 492 g/mol. The van der Waals surface area contributed by atoms with E-state index < -0.39 is 66.2 Å². The Morgan fingerprint density at radius 2 is 1.41 bits per heavy atom. The number of hydrogen-bond acceptors (Lipinski definition) is 8. The predicted molar refractivity (Wildman–Crippen MR) is 127 cm³/mol. The monoisotopic (exact) mass is 526 g/mol. The van der Waals surface area contributed by atoms with Crippen molar-refractivity contribution >= 4 is 35.6 Å². The summed E-state index contributed by atoms with van der Waals surface area (Å²) in [6, 6.07) is -5.11. The average Bonchev–Trinajstić information content (AvgIpc) is 3.31.